The van der Waals surface area contributed by atoms with E-state index in [1.165, 1.54) is 0 Å². The molecule has 0 heterocycles. The molecule has 1 N–H and O–H groups in total. The van der Waals surface area contributed by atoms with Gasteiger partial charge >= 0.3 is 5.97 Å². The van der Waals surface area contributed by atoms with E-state index in [1.54, 1.807) is 0 Å². The Bertz CT molecular complexity index is 800. The lowest BCUT2D eigenvalue weighted by atomic mass is 10.0. The van der Waals surface area contributed by atoms with E-state index in [-0.39, 0.29) is 5.56 Å². The molecule has 0 bridgehead atoms. The minimum atomic E-state index is -2.33. The largest absolute Gasteiger partial charge is 0.478 e. The molecule has 0 saturated carbocycles. The van der Waals surface area contributed by atoms with Gasteiger partial charge in [0.05, 0.1) is 5.56 Å². The van der Waals surface area contributed by atoms with Crippen molar-refractivity contribution in [2.45, 2.75) is 0 Å². The maximum absolute atomic E-state index is 13.7. The van der Waals surface area contributed by atoms with Crippen molar-refractivity contribution in [1.29, 1.82) is 0 Å². The number of hydrogen-bond donors (Lipinski definition) is 1. The van der Waals surface area contributed by atoms with Gasteiger partial charge in [0.15, 0.2) is 23.3 Å². The lowest BCUT2D eigenvalue weighted by molar-refractivity contribution is -0.131. The van der Waals surface area contributed by atoms with Gasteiger partial charge in [-0.3, -0.25) is 0 Å². The molecule has 23 heavy (non-hydrogen) atoms. The fourth-order valence-corrected chi connectivity index (χ4v) is 1.88. The maximum Gasteiger partial charge on any atom is 0.328 e. The highest BCUT2D eigenvalue weighted by Gasteiger charge is 2.26. The number of hydrogen-bond acceptors (Lipinski definition) is 1. The number of aliphatic carboxylic acids is 1. The third-order valence-corrected chi connectivity index (χ3v) is 2.84. The third kappa shape index (κ3) is 3.20. The Hall–Kier alpha value is -2.77. The van der Waals surface area contributed by atoms with Crippen molar-refractivity contribution in [2.75, 3.05) is 0 Å². The molecule has 2 nitrogen and oxygen atoms in total. The quantitative estimate of drug-likeness (QED) is 0.394. The van der Waals surface area contributed by atoms with E-state index in [9.17, 15) is 31.1 Å². The highest BCUT2D eigenvalue weighted by Crippen LogP contribution is 2.32. The molecule has 0 aliphatic heterocycles. The summed E-state index contributed by atoms with van der Waals surface area (Å²) in [5.74, 6) is -13.3. The first kappa shape index (κ1) is 16.6. The number of carboxylic acids is 1. The summed E-state index contributed by atoms with van der Waals surface area (Å²) in [4.78, 5) is 10.4. The van der Waals surface area contributed by atoms with Gasteiger partial charge in [0.25, 0.3) is 0 Å². The summed E-state index contributed by atoms with van der Waals surface area (Å²) in [6, 6.07) is 2.28. The summed E-state index contributed by atoms with van der Waals surface area (Å²) >= 11 is 0. The molecule has 8 heteroatoms. The molecular weight excluding hydrogens is 326 g/mol. The zero-order valence-electron chi connectivity index (χ0n) is 11.0. The van der Waals surface area contributed by atoms with Gasteiger partial charge < -0.3 is 5.11 Å². The first-order valence-corrected chi connectivity index (χ1v) is 5.95. The molecule has 0 saturated heterocycles. The zero-order valence-corrected chi connectivity index (χ0v) is 11.0. The molecule has 2 aromatic carbocycles. The number of benzene rings is 2. The molecule has 2 aromatic rings. The molecule has 0 fully saturated rings. The number of carboxylic acid groups (broad SMARTS) is 1. The Morgan fingerprint density at radius 1 is 0.826 bits per heavy atom. The smallest absolute Gasteiger partial charge is 0.328 e. The first-order chi connectivity index (χ1) is 10.7. The van der Waals surface area contributed by atoms with Crippen LogP contribution in [0.5, 0.6) is 0 Å². The minimum Gasteiger partial charge on any atom is -0.478 e. The lowest BCUT2D eigenvalue weighted by Crippen LogP contribution is -2.04. The van der Waals surface area contributed by atoms with E-state index in [0.717, 1.165) is 18.2 Å². The van der Waals surface area contributed by atoms with Crippen molar-refractivity contribution < 1.29 is 36.2 Å². The van der Waals surface area contributed by atoms with Crippen molar-refractivity contribution in [3.05, 3.63) is 64.7 Å². The van der Waals surface area contributed by atoms with E-state index in [1.807, 2.05) is 0 Å². The Morgan fingerprint density at radius 2 is 1.35 bits per heavy atom. The number of carbonyl (C=O) groups is 1. The molecule has 0 aliphatic carbocycles. The average Bonchev–Trinajstić information content (AvgIpc) is 2.49. The predicted molar refractivity (Wildman–Crippen MR) is 68.3 cm³/mol. The molecule has 0 aliphatic rings. The van der Waals surface area contributed by atoms with Crippen molar-refractivity contribution >= 4 is 12.0 Å². The van der Waals surface area contributed by atoms with Gasteiger partial charge in [-0.25, -0.2) is 31.1 Å². The van der Waals surface area contributed by atoms with Gasteiger partial charge in [0, 0.05) is 6.08 Å². The second-order valence-electron chi connectivity index (χ2n) is 4.39. The second kappa shape index (κ2) is 6.15. The summed E-state index contributed by atoms with van der Waals surface area (Å²) in [5, 5.41) is 8.48. The Morgan fingerprint density at radius 3 is 1.87 bits per heavy atom. The predicted octanol–water partition coefficient (Wildman–Crippen LogP) is 4.29. The van der Waals surface area contributed by atoms with Crippen LogP contribution in [-0.2, 0) is 4.79 Å². The van der Waals surface area contributed by atoms with Crippen LogP contribution in [0.4, 0.5) is 26.3 Å². The molecule has 0 amide bonds. The lowest BCUT2D eigenvalue weighted by Gasteiger charge is -2.09. The molecule has 2 rings (SSSR count). The van der Waals surface area contributed by atoms with Gasteiger partial charge in [-0.2, -0.15) is 0 Å². The van der Waals surface area contributed by atoms with Crippen LogP contribution in [0.3, 0.4) is 0 Å². The normalized spacial score (nSPS) is 11.2. The van der Waals surface area contributed by atoms with Crippen LogP contribution >= 0.6 is 0 Å². The topological polar surface area (TPSA) is 37.3 Å². The maximum atomic E-state index is 13.7. The van der Waals surface area contributed by atoms with Crippen molar-refractivity contribution in [3.63, 3.8) is 0 Å². The van der Waals surface area contributed by atoms with Crippen LogP contribution in [0.1, 0.15) is 5.56 Å². The number of halogens is 6. The summed E-state index contributed by atoms with van der Waals surface area (Å²) in [5.41, 5.74) is -2.06. The first-order valence-electron chi connectivity index (χ1n) is 5.95. The summed E-state index contributed by atoms with van der Waals surface area (Å²) in [7, 11) is 0. The van der Waals surface area contributed by atoms with Gasteiger partial charge in [0.2, 0.25) is 5.82 Å². The van der Waals surface area contributed by atoms with Gasteiger partial charge in [-0.1, -0.05) is 0 Å². The fourth-order valence-electron chi connectivity index (χ4n) is 1.88. The summed E-state index contributed by atoms with van der Waals surface area (Å²) in [6.45, 7) is 0. The second-order valence-corrected chi connectivity index (χ2v) is 4.39. The van der Waals surface area contributed by atoms with E-state index < -0.39 is 52.0 Å². The summed E-state index contributed by atoms with van der Waals surface area (Å²) < 4.78 is 80.3. The van der Waals surface area contributed by atoms with E-state index in [4.69, 9.17) is 5.11 Å². The molecule has 120 valence electrons. The van der Waals surface area contributed by atoms with Gasteiger partial charge in [0.1, 0.15) is 5.82 Å². The Labute approximate surface area is 125 Å². The highest BCUT2D eigenvalue weighted by molar-refractivity contribution is 5.85. The monoisotopic (exact) mass is 332 g/mol. The molecular formula is C15H6F6O2. The van der Waals surface area contributed by atoms with Crippen LogP contribution in [-0.4, -0.2) is 11.1 Å². The van der Waals surface area contributed by atoms with Crippen LogP contribution in [0.15, 0.2) is 24.3 Å². The fraction of sp³-hybridized carbons (Fsp3) is 0. The Kier molecular flexibility index (Phi) is 4.44. The molecule has 0 radical (unpaired) electrons. The molecule has 0 spiro atoms. The van der Waals surface area contributed by atoms with Crippen LogP contribution in [0.2, 0.25) is 0 Å². The van der Waals surface area contributed by atoms with Crippen molar-refractivity contribution in [3.8, 4) is 11.1 Å². The molecule has 0 atom stereocenters. The zero-order chi connectivity index (χ0) is 17.3. The summed E-state index contributed by atoms with van der Waals surface area (Å²) in [6.07, 6.45) is 1.53. The van der Waals surface area contributed by atoms with Crippen molar-refractivity contribution in [1.82, 2.24) is 0 Å². The SMILES string of the molecule is O=C(O)/C=C/c1cc(F)cc(-c2c(F)c(F)c(F)c(F)c2F)c1. The van der Waals surface area contributed by atoms with E-state index >= 15 is 0 Å². The Balaban J connectivity index is 2.70. The van der Waals surface area contributed by atoms with Crippen LogP contribution in [0.25, 0.3) is 17.2 Å². The van der Waals surface area contributed by atoms with Crippen LogP contribution in [0, 0.1) is 34.9 Å². The molecule has 0 aromatic heterocycles. The van der Waals surface area contributed by atoms with Crippen molar-refractivity contribution in [2.24, 2.45) is 0 Å². The van der Waals surface area contributed by atoms with E-state index in [0.29, 0.717) is 12.1 Å². The minimum absolute atomic E-state index is 0.133. The molecule has 0 unspecified atom stereocenters. The highest BCUT2D eigenvalue weighted by atomic mass is 19.2. The van der Waals surface area contributed by atoms with Gasteiger partial charge in [-0.15, -0.1) is 0 Å². The van der Waals surface area contributed by atoms with Crippen LogP contribution < -0.4 is 0 Å². The van der Waals surface area contributed by atoms with E-state index in [2.05, 4.69) is 0 Å². The third-order valence-electron chi connectivity index (χ3n) is 2.84. The standard InChI is InChI=1S/C15H6F6O2/c16-8-4-6(1-2-9(22)23)3-7(5-8)10-11(17)13(19)15(21)14(20)12(10)18/h1-5H,(H,22,23)/b2-1+. The number of rotatable bonds is 3. The van der Waals surface area contributed by atoms with Gasteiger partial charge in [-0.05, 0) is 35.4 Å². The average molecular weight is 332 g/mol.